The molecule has 0 radical (unpaired) electrons. The van der Waals surface area contributed by atoms with Crippen molar-refractivity contribution in [1.82, 2.24) is 5.48 Å². The van der Waals surface area contributed by atoms with E-state index in [4.69, 9.17) is 5.11 Å². The third-order valence-corrected chi connectivity index (χ3v) is 2.36. The van der Waals surface area contributed by atoms with Crippen molar-refractivity contribution in [3.8, 4) is 0 Å². The summed E-state index contributed by atoms with van der Waals surface area (Å²) in [5, 5.41) is 8.68. The molecule has 0 heterocycles. The highest BCUT2D eigenvalue weighted by molar-refractivity contribution is 5.79. The second-order valence-corrected chi connectivity index (χ2v) is 3.22. The van der Waals surface area contributed by atoms with Gasteiger partial charge in [0.2, 0.25) is 5.91 Å². The largest absolute Gasteiger partial charge is 0.481 e. The molecular formula is C8H13NO4. The summed E-state index contributed by atoms with van der Waals surface area (Å²) in [7, 11) is 1.36. The van der Waals surface area contributed by atoms with Crippen molar-refractivity contribution in [2.24, 2.45) is 11.8 Å². The topological polar surface area (TPSA) is 75.6 Å². The molecule has 13 heavy (non-hydrogen) atoms. The van der Waals surface area contributed by atoms with Crippen molar-refractivity contribution in [1.29, 1.82) is 0 Å². The van der Waals surface area contributed by atoms with Crippen LogP contribution in [0.1, 0.15) is 19.3 Å². The van der Waals surface area contributed by atoms with Crippen LogP contribution in [0, 0.1) is 11.8 Å². The molecule has 0 bridgehead atoms. The number of amides is 1. The van der Waals surface area contributed by atoms with Gasteiger partial charge in [0.1, 0.15) is 0 Å². The lowest BCUT2D eigenvalue weighted by Gasteiger charge is -2.07. The number of hydrogen-bond donors (Lipinski definition) is 2. The molecule has 1 aliphatic rings. The van der Waals surface area contributed by atoms with E-state index in [0.29, 0.717) is 19.3 Å². The zero-order valence-electron chi connectivity index (χ0n) is 7.45. The Labute approximate surface area is 76.0 Å². The Morgan fingerprint density at radius 3 is 2.46 bits per heavy atom. The van der Waals surface area contributed by atoms with Crippen molar-refractivity contribution in [2.75, 3.05) is 7.11 Å². The molecule has 2 atom stereocenters. The smallest absolute Gasteiger partial charge is 0.306 e. The summed E-state index contributed by atoms with van der Waals surface area (Å²) in [5.41, 5.74) is 2.22. The summed E-state index contributed by atoms with van der Waals surface area (Å²) in [4.78, 5) is 26.2. The fraction of sp³-hybridized carbons (Fsp3) is 0.750. The second-order valence-electron chi connectivity index (χ2n) is 3.22. The van der Waals surface area contributed by atoms with Gasteiger partial charge in [0.05, 0.1) is 13.0 Å². The molecule has 1 aliphatic carbocycles. The van der Waals surface area contributed by atoms with Crippen LogP contribution in [0.2, 0.25) is 0 Å². The molecular weight excluding hydrogens is 174 g/mol. The Morgan fingerprint density at radius 1 is 1.38 bits per heavy atom. The molecule has 2 N–H and O–H groups in total. The van der Waals surface area contributed by atoms with E-state index in [1.54, 1.807) is 0 Å². The molecule has 5 heteroatoms. The molecule has 0 aromatic rings. The van der Waals surface area contributed by atoms with Crippen LogP contribution in [-0.2, 0) is 14.4 Å². The number of carboxylic acid groups (broad SMARTS) is 1. The van der Waals surface area contributed by atoms with E-state index in [1.807, 2.05) is 0 Å². The molecule has 74 valence electrons. The SMILES string of the molecule is CONC(=O)[C@@H]1CC[C@H](C(=O)O)C1. The van der Waals surface area contributed by atoms with E-state index in [2.05, 4.69) is 10.3 Å². The van der Waals surface area contributed by atoms with Crippen LogP contribution >= 0.6 is 0 Å². The summed E-state index contributed by atoms with van der Waals surface area (Å²) < 4.78 is 0. The summed E-state index contributed by atoms with van der Waals surface area (Å²) >= 11 is 0. The average Bonchev–Trinajstić information content (AvgIpc) is 2.52. The third-order valence-electron chi connectivity index (χ3n) is 2.36. The van der Waals surface area contributed by atoms with Crippen molar-refractivity contribution in [2.45, 2.75) is 19.3 Å². The van der Waals surface area contributed by atoms with Crippen molar-refractivity contribution < 1.29 is 19.5 Å². The van der Waals surface area contributed by atoms with Crippen molar-refractivity contribution in [3.63, 3.8) is 0 Å². The lowest BCUT2D eigenvalue weighted by Crippen LogP contribution is -2.28. The lowest BCUT2D eigenvalue weighted by molar-refractivity contribution is -0.141. The first-order valence-corrected chi connectivity index (χ1v) is 4.20. The predicted octanol–water partition coefficient (Wildman–Crippen LogP) is 0.165. The maximum Gasteiger partial charge on any atom is 0.306 e. The normalized spacial score (nSPS) is 27.2. The maximum atomic E-state index is 11.2. The van der Waals surface area contributed by atoms with Gasteiger partial charge < -0.3 is 5.11 Å². The van der Waals surface area contributed by atoms with Gasteiger partial charge in [0.15, 0.2) is 0 Å². The van der Waals surface area contributed by atoms with E-state index in [9.17, 15) is 9.59 Å². The van der Waals surface area contributed by atoms with E-state index in [-0.39, 0.29) is 17.7 Å². The number of carboxylic acids is 1. The van der Waals surface area contributed by atoms with Crippen LogP contribution in [0.4, 0.5) is 0 Å². The fourth-order valence-corrected chi connectivity index (χ4v) is 1.63. The van der Waals surface area contributed by atoms with E-state index in [0.717, 1.165) is 0 Å². The first-order valence-electron chi connectivity index (χ1n) is 4.20. The summed E-state index contributed by atoms with van der Waals surface area (Å²) in [5.74, 6) is -1.60. The summed E-state index contributed by atoms with van der Waals surface area (Å²) in [6.07, 6.45) is 1.63. The van der Waals surface area contributed by atoms with Gasteiger partial charge in [0, 0.05) is 5.92 Å². The van der Waals surface area contributed by atoms with Gasteiger partial charge in [-0.25, -0.2) is 5.48 Å². The Morgan fingerprint density at radius 2 is 2.00 bits per heavy atom. The van der Waals surface area contributed by atoms with Gasteiger partial charge in [-0.3, -0.25) is 14.4 Å². The van der Waals surface area contributed by atoms with Gasteiger partial charge >= 0.3 is 5.97 Å². The molecule has 0 unspecified atom stereocenters. The third kappa shape index (κ3) is 2.42. The van der Waals surface area contributed by atoms with Crippen LogP contribution in [0.15, 0.2) is 0 Å². The van der Waals surface area contributed by atoms with Gasteiger partial charge in [-0.1, -0.05) is 0 Å². The lowest BCUT2D eigenvalue weighted by atomic mass is 10.1. The van der Waals surface area contributed by atoms with Crippen molar-refractivity contribution in [3.05, 3.63) is 0 Å². The number of hydroxylamine groups is 1. The van der Waals surface area contributed by atoms with Crippen LogP contribution in [-0.4, -0.2) is 24.1 Å². The molecule has 0 aromatic carbocycles. The number of hydrogen-bond acceptors (Lipinski definition) is 3. The minimum absolute atomic E-state index is 0.207. The monoisotopic (exact) mass is 187 g/mol. The van der Waals surface area contributed by atoms with E-state index >= 15 is 0 Å². The van der Waals surface area contributed by atoms with Crippen LogP contribution < -0.4 is 5.48 Å². The Kier molecular flexibility index (Phi) is 3.25. The fourth-order valence-electron chi connectivity index (χ4n) is 1.63. The molecule has 0 spiro atoms. The molecule has 1 amide bonds. The van der Waals surface area contributed by atoms with Crippen molar-refractivity contribution >= 4 is 11.9 Å². The predicted molar refractivity (Wildman–Crippen MR) is 43.6 cm³/mol. The van der Waals surface area contributed by atoms with Crippen LogP contribution in [0.25, 0.3) is 0 Å². The molecule has 1 fully saturated rings. The minimum atomic E-state index is -0.812. The molecule has 5 nitrogen and oxygen atoms in total. The van der Waals surface area contributed by atoms with Gasteiger partial charge in [0.25, 0.3) is 0 Å². The zero-order valence-corrected chi connectivity index (χ0v) is 7.45. The van der Waals surface area contributed by atoms with E-state index < -0.39 is 5.97 Å². The van der Waals surface area contributed by atoms with Crippen LogP contribution in [0.3, 0.4) is 0 Å². The summed E-state index contributed by atoms with van der Waals surface area (Å²) in [6.45, 7) is 0. The Hall–Kier alpha value is -1.10. The molecule has 0 saturated heterocycles. The first kappa shape index (κ1) is 9.98. The van der Waals surface area contributed by atoms with Crippen LogP contribution in [0.5, 0.6) is 0 Å². The molecule has 1 rings (SSSR count). The number of carbonyl (C=O) groups is 2. The van der Waals surface area contributed by atoms with E-state index in [1.165, 1.54) is 7.11 Å². The Balaban J connectivity index is 2.40. The minimum Gasteiger partial charge on any atom is -0.481 e. The number of rotatable bonds is 3. The number of aliphatic carboxylic acids is 1. The van der Waals surface area contributed by atoms with Gasteiger partial charge in [-0.15, -0.1) is 0 Å². The Bertz CT molecular complexity index is 216. The standard InChI is InChI=1S/C8H13NO4/c1-13-9-7(10)5-2-3-6(4-5)8(11)12/h5-6H,2-4H2,1H3,(H,9,10)(H,11,12)/t5-,6+/m1/s1. The average molecular weight is 187 g/mol. The van der Waals surface area contributed by atoms with Gasteiger partial charge in [-0.2, -0.15) is 0 Å². The quantitative estimate of drug-likeness (QED) is 0.617. The number of carbonyl (C=O) groups excluding carboxylic acids is 1. The highest BCUT2D eigenvalue weighted by atomic mass is 16.6. The van der Waals surface area contributed by atoms with Gasteiger partial charge in [-0.05, 0) is 19.3 Å². The first-order chi connectivity index (χ1) is 6.15. The molecule has 0 aliphatic heterocycles. The molecule has 1 saturated carbocycles. The number of nitrogens with one attached hydrogen (secondary N) is 1. The highest BCUT2D eigenvalue weighted by Crippen LogP contribution is 2.30. The highest BCUT2D eigenvalue weighted by Gasteiger charge is 2.33. The maximum absolute atomic E-state index is 11.2. The second kappa shape index (κ2) is 4.23. The molecule has 0 aromatic heterocycles. The summed E-state index contributed by atoms with van der Waals surface area (Å²) in [6, 6.07) is 0. The zero-order chi connectivity index (χ0) is 9.84.